The van der Waals surface area contributed by atoms with Gasteiger partial charge in [0.1, 0.15) is 12.1 Å². The number of piperazine rings is 1. The Hall–Kier alpha value is -3.03. The lowest BCUT2D eigenvalue weighted by Gasteiger charge is -2.37. The molecule has 0 unspecified atom stereocenters. The summed E-state index contributed by atoms with van der Waals surface area (Å²) in [5, 5.41) is 13.4. The quantitative estimate of drug-likeness (QED) is 0.679. The highest BCUT2D eigenvalue weighted by Crippen LogP contribution is 2.28. The van der Waals surface area contributed by atoms with Gasteiger partial charge in [0.25, 0.3) is 0 Å². The van der Waals surface area contributed by atoms with Crippen LogP contribution in [0.5, 0.6) is 0 Å². The highest BCUT2D eigenvalue weighted by atomic mass is 15.4. The number of nitrogens with zero attached hydrogens (tertiary/aromatic N) is 8. The Kier molecular flexibility index (Phi) is 4.61. The van der Waals surface area contributed by atoms with Crippen molar-refractivity contribution in [2.45, 2.75) is 39.5 Å². The summed E-state index contributed by atoms with van der Waals surface area (Å²) in [6, 6.07) is 6.08. The van der Waals surface area contributed by atoms with E-state index in [4.69, 9.17) is 0 Å². The van der Waals surface area contributed by atoms with Crippen LogP contribution in [0.25, 0.3) is 5.82 Å². The molecule has 2 aliphatic rings. The first-order valence-electron chi connectivity index (χ1n) is 10.4. The molecule has 1 fully saturated rings. The predicted octanol–water partition coefficient (Wildman–Crippen LogP) is 2.27. The van der Waals surface area contributed by atoms with E-state index in [1.165, 1.54) is 24.1 Å². The average molecular weight is 390 g/mol. The van der Waals surface area contributed by atoms with Gasteiger partial charge in [0, 0.05) is 43.1 Å². The highest BCUT2D eigenvalue weighted by molar-refractivity contribution is 5.52. The first-order chi connectivity index (χ1) is 14.2. The first-order valence-corrected chi connectivity index (χ1v) is 10.4. The summed E-state index contributed by atoms with van der Waals surface area (Å²) < 4.78 is 1.84. The fraction of sp³-hybridized carbons (Fsp3) is 0.476. The molecule has 29 heavy (non-hydrogen) atoms. The maximum atomic E-state index is 4.63. The third-order valence-electron chi connectivity index (χ3n) is 5.87. The molecule has 150 valence electrons. The van der Waals surface area contributed by atoms with Crippen LogP contribution in [0.2, 0.25) is 0 Å². The SMILES string of the molecule is Cc1cc(C)n(-c2ccc(N3CCN(c4ncnc5c4CCCC5)CC3)nn2)n1. The van der Waals surface area contributed by atoms with Crippen molar-refractivity contribution in [1.82, 2.24) is 29.9 Å². The van der Waals surface area contributed by atoms with Crippen LogP contribution < -0.4 is 9.80 Å². The largest absolute Gasteiger partial charge is 0.353 e. The number of aryl methyl sites for hydroxylation is 3. The van der Waals surface area contributed by atoms with Crippen molar-refractivity contribution in [3.05, 3.63) is 47.2 Å². The lowest BCUT2D eigenvalue weighted by Crippen LogP contribution is -2.47. The van der Waals surface area contributed by atoms with Gasteiger partial charge in [-0.15, -0.1) is 10.2 Å². The molecule has 8 nitrogen and oxygen atoms in total. The fourth-order valence-electron chi connectivity index (χ4n) is 4.38. The van der Waals surface area contributed by atoms with Crippen molar-refractivity contribution in [2.75, 3.05) is 36.0 Å². The van der Waals surface area contributed by atoms with Crippen molar-refractivity contribution in [3.8, 4) is 5.82 Å². The molecule has 4 heterocycles. The van der Waals surface area contributed by atoms with Crippen LogP contribution in [0.3, 0.4) is 0 Å². The van der Waals surface area contributed by atoms with Crippen LogP contribution in [0, 0.1) is 13.8 Å². The van der Waals surface area contributed by atoms with Gasteiger partial charge in [-0.3, -0.25) is 0 Å². The third-order valence-corrected chi connectivity index (χ3v) is 5.87. The van der Waals surface area contributed by atoms with Gasteiger partial charge in [-0.1, -0.05) is 0 Å². The van der Waals surface area contributed by atoms with Crippen LogP contribution in [0.1, 0.15) is 35.5 Å². The van der Waals surface area contributed by atoms with Gasteiger partial charge >= 0.3 is 0 Å². The number of hydrogen-bond acceptors (Lipinski definition) is 7. The number of hydrogen-bond donors (Lipinski definition) is 0. The smallest absolute Gasteiger partial charge is 0.176 e. The molecule has 0 atom stereocenters. The van der Waals surface area contributed by atoms with Crippen molar-refractivity contribution >= 4 is 11.6 Å². The molecule has 8 heteroatoms. The third kappa shape index (κ3) is 3.43. The Balaban J connectivity index is 1.28. The molecule has 0 saturated carbocycles. The first kappa shape index (κ1) is 18.0. The van der Waals surface area contributed by atoms with Crippen LogP contribution in [0.15, 0.2) is 24.5 Å². The fourth-order valence-corrected chi connectivity index (χ4v) is 4.38. The van der Waals surface area contributed by atoms with E-state index in [-0.39, 0.29) is 0 Å². The number of rotatable bonds is 3. The summed E-state index contributed by atoms with van der Waals surface area (Å²) in [6.45, 7) is 7.70. The molecule has 0 aromatic carbocycles. The van der Waals surface area contributed by atoms with E-state index in [0.717, 1.165) is 67.9 Å². The summed E-state index contributed by atoms with van der Waals surface area (Å²) in [6.07, 6.45) is 6.40. The number of aromatic nitrogens is 6. The minimum Gasteiger partial charge on any atom is -0.353 e. The summed E-state index contributed by atoms with van der Waals surface area (Å²) in [5.74, 6) is 2.81. The second-order valence-corrected chi connectivity index (χ2v) is 7.89. The summed E-state index contributed by atoms with van der Waals surface area (Å²) in [7, 11) is 0. The van der Waals surface area contributed by atoms with Crippen LogP contribution >= 0.6 is 0 Å². The monoisotopic (exact) mass is 390 g/mol. The second kappa shape index (κ2) is 7.42. The molecule has 1 aliphatic carbocycles. The Morgan fingerprint density at radius 3 is 2.28 bits per heavy atom. The van der Waals surface area contributed by atoms with Gasteiger partial charge in [0.15, 0.2) is 11.6 Å². The van der Waals surface area contributed by atoms with Crippen molar-refractivity contribution in [1.29, 1.82) is 0 Å². The molecule has 3 aromatic rings. The van der Waals surface area contributed by atoms with Crippen molar-refractivity contribution in [2.24, 2.45) is 0 Å². The number of anilines is 2. The standard InChI is InChI=1S/C21H26N8/c1-15-13-16(2)29(26-15)20-8-7-19(24-25-20)27-9-11-28(12-10-27)21-17-5-3-4-6-18(17)22-14-23-21/h7-8,13-14H,3-6,9-12H2,1-2H3. The zero-order valence-electron chi connectivity index (χ0n) is 17.0. The maximum absolute atomic E-state index is 4.63. The Morgan fingerprint density at radius 1 is 0.828 bits per heavy atom. The van der Waals surface area contributed by atoms with E-state index >= 15 is 0 Å². The normalized spacial score (nSPS) is 16.8. The lowest BCUT2D eigenvalue weighted by atomic mass is 9.96. The zero-order valence-corrected chi connectivity index (χ0v) is 17.0. The minimum absolute atomic E-state index is 0.755. The molecular formula is C21H26N8. The zero-order chi connectivity index (χ0) is 19.8. The Bertz CT molecular complexity index is 1000. The van der Waals surface area contributed by atoms with Gasteiger partial charge in [0.2, 0.25) is 0 Å². The van der Waals surface area contributed by atoms with E-state index in [2.05, 4.69) is 35.1 Å². The summed E-state index contributed by atoms with van der Waals surface area (Å²) in [4.78, 5) is 13.8. The van der Waals surface area contributed by atoms with E-state index in [1.807, 2.05) is 36.7 Å². The van der Waals surface area contributed by atoms with Crippen LogP contribution in [-0.2, 0) is 12.8 Å². The summed E-state index contributed by atoms with van der Waals surface area (Å²) in [5.41, 5.74) is 4.65. The van der Waals surface area contributed by atoms with Crippen LogP contribution in [0.4, 0.5) is 11.6 Å². The molecule has 0 spiro atoms. The second-order valence-electron chi connectivity index (χ2n) is 7.89. The molecule has 0 bridgehead atoms. The van der Waals surface area contributed by atoms with Crippen LogP contribution in [-0.4, -0.2) is 56.1 Å². The Labute approximate surface area is 170 Å². The minimum atomic E-state index is 0.755. The van der Waals surface area contributed by atoms with Crippen molar-refractivity contribution in [3.63, 3.8) is 0 Å². The molecule has 0 radical (unpaired) electrons. The van der Waals surface area contributed by atoms with Crippen molar-refractivity contribution < 1.29 is 0 Å². The molecule has 5 rings (SSSR count). The molecule has 1 aliphatic heterocycles. The molecule has 0 N–H and O–H groups in total. The molecule has 1 saturated heterocycles. The average Bonchev–Trinajstić information content (AvgIpc) is 3.11. The topological polar surface area (TPSA) is 75.9 Å². The van der Waals surface area contributed by atoms with Gasteiger partial charge < -0.3 is 9.80 Å². The lowest BCUT2D eigenvalue weighted by molar-refractivity contribution is 0.617. The summed E-state index contributed by atoms with van der Waals surface area (Å²) >= 11 is 0. The highest BCUT2D eigenvalue weighted by Gasteiger charge is 2.24. The van der Waals surface area contributed by atoms with Gasteiger partial charge in [-0.25, -0.2) is 14.6 Å². The van der Waals surface area contributed by atoms with E-state index in [1.54, 1.807) is 6.33 Å². The Morgan fingerprint density at radius 2 is 1.55 bits per heavy atom. The van der Waals surface area contributed by atoms with E-state index in [0.29, 0.717) is 0 Å². The van der Waals surface area contributed by atoms with Gasteiger partial charge in [-0.05, 0) is 57.7 Å². The van der Waals surface area contributed by atoms with E-state index in [9.17, 15) is 0 Å². The van der Waals surface area contributed by atoms with E-state index < -0.39 is 0 Å². The van der Waals surface area contributed by atoms with Gasteiger partial charge in [-0.2, -0.15) is 5.10 Å². The predicted molar refractivity (Wildman–Crippen MR) is 112 cm³/mol. The molecule has 3 aromatic heterocycles. The number of fused-ring (bicyclic) bond motifs is 1. The van der Waals surface area contributed by atoms with Gasteiger partial charge in [0.05, 0.1) is 5.69 Å². The molecular weight excluding hydrogens is 364 g/mol. The molecule has 0 amide bonds. The maximum Gasteiger partial charge on any atom is 0.176 e.